The molecule has 198 valence electrons. The minimum Gasteiger partial charge on any atom is -0.493 e. The summed E-state index contributed by atoms with van der Waals surface area (Å²) in [5.41, 5.74) is 0.718. The van der Waals surface area contributed by atoms with E-state index in [-0.39, 0.29) is 39.0 Å². The van der Waals surface area contributed by atoms with Gasteiger partial charge < -0.3 is 28.7 Å². The normalized spacial score (nSPS) is 15.1. The number of esters is 1. The second kappa shape index (κ2) is 12.6. The highest BCUT2D eigenvalue weighted by atomic mass is 16.5. The van der Waals surface area contributed by atoms with Crippen molar-refractivity contribution in [1.29, 1.82) is 0 Å². The molecule has 9 nitrogen and oxygen atoms in total. The molecule has 1 aromatic carbocycles. The Balaban J connectivity index is 2.47. The van der Waals surface area contributed by atoms with Crippen molar-refractivity contribution in [2.75, 3.05) is 40.0 Å². The van der Waals surface area contributed by atoms with Gasteiger partial charge >= 0.3 is 17.8 Å². The van der Waals surface area contributed by atoms with Gasteiger partial charge in [-0.05, 0) is 71.2 Å². The minimum atomic E-state index is -1.09. The average Bonchev–Trinajstić information content (AvgIpc) is 2.81. The van der Waals surface area contributed by atoms with E-state index in [4.69, 9.17) is 25.4 Å². The van der Waals surface area contributed by atoms with Gasteiger partial charge in [-0.15, -0.1) is 6.42 Å². The van der Waals surface area contributed by atoms with Crippen LogP contribution in [0.25, 0.3) is 0 Å². The van der Waals surface area contributed by atoms with Crippen molar-refractivity contribution < 1.29 is 33.3 Å². The van der Waals surface area contributed by atoms with Crippen LogP contribution in [-0.2, 0) is 30.3 Å². The van der Waals surface area contributed by atoms with Gasteiger partial charge in [0.15, 0.2) is 17.5 Å². The molecule has 0 fully saturated rings. The van der Waals surface area contributed by atoms with Crippen LogP contribution >= 0.6 is 0 Å². The highest BCUT2D eigenvalue weighted by Gasteiger charge is 2.42. The third-order valence-electron chi connectivity index (χ3n) is 5.67. The smallest absolute Gasteiger partial charge is 0.333 e. The predicted octanol–water partition coefficient (Wildman–Crippen LogP) is 2.75. The number of ether oxygens (including phenoxy) is 4. The van der Waals surface area contributed by atoms with Crippen molar-refractivity contribution >= 4 is 17.8 Å². The van der Waals surface area contributed by atoms with Gasteiger partial charge in [0.05, 0.1) is 26.4 Å². The number of rotatable bonds is 9. The molecule has 0 aliphatic carbocycles. The van der Waals surface area contributed by atoms with Crippen LogP contribution in [0.1, 0.15) is 58.7 Å². The number of hydrogen-bond acceptors (Lipinski definition) is 7. The Hall–Kier alpha value is -3.25. The zero-order valence-electron chi connectivity index (χ0n) is 22.4. The van der Waals surface area contributed by atoms with Gasteiger partial charge in [0.25, 0.3) is 0 Å². The fourth-order valence-electron chi connectivity index (χ4n) is 4.09. The van der Waals surface area contributed by atoms with E-state index in [9.17, 15) is 14.4 Å². The average molecular weight is 503 g/mol. The molecule has 9 heteroatoms. The lowest BCUT2D eigenvalue weighted by molar-refractivity contribution is -0.163. The molecule has 0 spiro atoms. The Labute approximate surface area is 214 Å². The van der Waals surface area contributed by atoms with E-state index < -0.39 is 29.4 Å². The van der Waals surface area contributed by atoms with Crippen LogP contribution in [-0.4, -0.2) is 79.2 Å². The molecular weight excluding hydrogens is 464 g/mol. The fourth-order valence-corrected chi connectivity index (χ4v) is 4.09. The molecule has 2 rings (SSSR count). The first-order chi connectivity index (χ1) is 17.0. The minimum absolute atomic E-state index is 0.109. The SMILES string of the molecule is C#CCOCCN(C(=O)C(=O)N1CCc2cc(OC)c(OC(C)C)cc2C1C(=O)OCC)C(C)(C)C. The summed E-state index contributed by atoms with van der Waals surface area (Å²) in [7, 11) is 1.55. The summed E-state index contributed by atoms with van der Waals surface area (Å²) in [5, 5.41) is 0. The maximum absolute atomic E-state index is 13.6. The fraction of sp³-hybridized carbons (Fsp3) is 0.593. The number of nitrogens with zero attached hydrogens (tertiary/aromatic N) is 2. The summed E-state index contributed by atoms with van der Waals surface area (Å²) in [6, 6.07) is 2.42. The maximum atomic E-state index is 13.6. The molecule has 1 aromatic rings. The molecule has 0 saturated heterocycles. The summed E-state index contributed by atoms with van der Waals surface area (Å²) in [4.78, 5) is 42.9. The molecule has 1 heterocycles. The zero-order valence-corrected chi connectivity index (χ0v) is 22.4. The van der Waals surface area contributed by atoms with Crippen LogP contribution in [0.3, 0.4) is 0 Å². The summed E-state index contributed by atoms with van der Waals surface area (Å²) < 4.78 is 22.0. The van der Waals surface area contributed by atoms with Gasteiger partial charge in [-0.25, -0.2) is 4.79 Å². The third kappa shape index (κ3) is 6.91. The molecule has 36 heavy (non-hydrogen) atoms. The van der Waals surface area contributed by atoms with Crippen molar-refractivity contribution in [1.82, 2.24) is 9.80 Å². The van der Waals surface area contributed by atoms with Gasteiger partial charge in [-0.3, -0.25) is 9.59 Å². The van der Waals surface area contributed by atoms with Crippen molar-refractivity contribution in [3.63, 3.8) is 0 Å². The lowest BCUT2D eigenvalue weighted by Crippen LogP contribution is -2.56. The van der Waals surface area contributed by atoms with E-state index in [1.165, 1.54) is 9.80 Å². The molecule has 0 saturated carbocycles. The largest absolute Gasteiger partial charge is 0.493 e. The topological polar surface area (TPSA) is 94.6 Å². The van der Waals surface area contributed by atoms with Crippen molar-refractivity contribution in [3.05, 3.63) is 23.3 Å². The number of benzene rings is 1. The van der Waals surface area contributed by atoms with E-state index in [0.29, 0.717) is 23.5 Å². The van der Waals surface area contributed by atoms with Crippen molar-refractivity contribution in [2.45, 2.75) is 65.6 Å². The summed E-state index contributed by atoms with van der Waals surface area (Å²) >= 11 is 0. The quantitative estimate of drug-likeness (QED) is 0.222. The van der Waals surface area contributed by atoms with Crippen LogP contribution in [0.2, 0.25) is 0 Å². The van der Waals surface area contributed by atoms with Gasteiger partial charge in [-0.2, -0.15) is 0 Å². The van der Waals surface area contributed by atoms with E-state index >= 15 is 0 Å². The molecule has 0 radical (unpaired) electrons. The number of hydrogen-bond donors (Lipinski definition) is 0. The summed E-state index contributed by atoms with van der Waals surface area (Å²) in [6.07, 6.45) is 5.52. The number of amides is 2. The van der Waals surface area contributed by atoms with E-state index in [0.717, 1.165) is 5.56 Å². The molecule has 0 bridgehead atoms. The molecule has 1 aliphatic rings. The number of carbonyl (C=O) groups excluding carboxylic acids is 3. The Morgan fingerprint density at radius 2 is 1.92 bits per heavy atom. The Kier molecular flexibility index (Phi) is 10.2. The Bertz CT molecular complexity index is 991. The second-order valence-electron chi connectivity index (χ2n) is 9.66. The molecule has 0 aromatic heterocycles. The zero-order chi connectivity index (χ0) is 27.0. The van der Waals surface area contributed by atoms with Gasteiger partial charge in [-0.1, -0.05) is 5.92 Å². The van der Waals surface area contributed by atoms with E-state index in [2.05, 4.69) is 5.92 Å². The summed E-state index contributed by atoms with van der Waals surface area (Å²) in [5.74, 6) is 1.24. The van der Waals surface area contributed by atoms with Crippen LogP contribution in [0, 0.1) is 12.3 Å². The Morgan fingerprint density at radius 3 is 2.47 bits per heavy atom. The molecule has 0 N–H and O–H groups in total. The maximum Gasteiger partial charge on any atom is 0.333 e. The number of terminal acetylenes is 1. The summed E-state index contributed by atoms with van der Waals surface area (Å²) in [6.45, 7) is 11.7. The Morgan fingerprint density at radius 1 is 1.22 bits per heavy atom. The van der Waals surface area contributed by atoms with Crippen LogP contribution in [0.15, 0.2) is 12.1 Å². The molecule has 1 unspecified atom stereocenters. The first-order valence-corrected chi connectivity index (χ1v) is 12.1. The monoisotopic (exact) mass is 502 g/mol. The number of methoxy groups -OCH3 is 1. The first kappa shape index (κ1) is 29.0. The third-order valence-corrected chi connectivity index (χ3v) is 5.67. The van der Waals surface area contributed by atoms with Crippen LogP contribution < -0.4 is 9.47 Å². The lowest BCUT2D eigenvalue weighted by atomic mass is 9.91. The standard InChI is InChI=1S/C27H38N2O7/c1-9-14-34-15-13-29(27(5,6)7)25(31)24(30)28-12-11-19-16-21(33-8)22(36-18(3)4)17-20(19)23(28)26(32)35-10-2/h1,16-18,23H,10-15H2,2-8H3. The molecule has 1 atom stereocenters. The van der Waals surface area contributed by atoms with E-state index in [1.807, 2.05) is 40.7 Å². The van der Waals surface area contributed by atoms with Gasteiger partial charge in [0.1, 0.15) is 6.61 Å². The van der Waals surface area contributed by atoms with Crippen LogP contribution in [0.5, 0.6) is 11.5 Å². The van der Waals surface area contributed by atoms with Gasteiger partial charge in [0, 0.05) is 18.6 Å². The van der Waals surface area contributed by atoms with Gasteiger partial charge in [0.2, 0.25) is 0 Å². The highest BCUT2D eigenvalue weighted by molar-refractivity contribution is 6.35. The van der Waals surface area contributed by atoms with Crippen LogP contribution in [0.4, 0.5) is 0 Å². The van der Waals surface area contributed by atoms with Crippen molar-refractivity contribution in [2.24, 2.45) is 0 Å². The lowest BCUT2D eigenvalue weighted by Gasteiger charge is -2.39. The number of carbonyl (C=O) groups is 3. The molecule has 1 aliphatic heterocycles. The highest BCUT2D eigenvalue weighted by Crippen LogP contribution is 2.39. The second-order valence-corrected chi connectivity index (χ2v) is 9.66. The van der Waals surface area contributed by atoms with Crippen molar-refractivity contribution in [3.8, 4) is 23.8 Å². The predicted molar refractivity (Wildman–Crippen MR) is 135 cm³/mol. The van der Waals surface area contributed by atoms with E-state index in [1.54, 1.807) is 20.1 Å². The molecule has 2 amide bonds. The first-order valence-electron chi connectivity index (χ1n) is 12.1. The number of fused-ring (bicyclic) bond motifs is 1. The molecular formula is C27H38N2O7.